The Morgan fingerprint density at radius 2 is 1.66 bits per heavy atom. The van der Waals surface area contributed by atoms with Crippen molar-refractivity contribution in [2.24, 2.45) is 0 Å². The number of fused-ring (bicyclic) bond motifs is 1. The molecule has 29 heavy (non-hydrogen) atoms. The fourth-order valence-corrected chi connectivity index (χ4v) is 2.89. The van der Waals surface area contributed by atoms with Gasteiger partial charge in [-0.25, -0.2) is 9.37 Å². The minimum atomic E-state index is -4.64. The van der Waals surface area contributed by atoms with Gasteiger partial charge in [0.1, 0.15) is 11.6 Å². The molecule has 1 aromatic heterocycles. The number of rotatable bonds is 5. The maximum Gasteiger partial charge on any atom is 0.416 e. The maximum absolute atomic E-state index is 13.6. The Labute approximate surface area is 163 Å². The molecule has 10 heteroatoms. The van der Waals surface area contributed by atoms with Gasteiger partial charge < -0.3 is 20.1 Å². The average molecular weight is 410 g/mol. The Bertz CT molecular complexity index is 1060. The van der Waals surface area contributed by atoms with E-state index in [-0.39, 0.29) is 23.9 Å². The summed E-state index contributed by atoms with van der Waals surface area (Å²) in [7, 11) is 4.53. The number of ether oxygens (including phenoxy) is 2. The first-order valence-electron chi connectivity index (χ1n) is 8.39. The van der Waals surface area contributed by atoms with E-state index in [1.165, 1.54) is 19.1 Å². The molecule has 0 bridgehead atoms. The van der Waals surface area contributed by atoms with Gasteiger partial charge in [0.2, 0.25) is 5.95 Å². The SMILES string of the molecule is COc1cc2nc(N(C)Cc3cc(F)cc(C(F)(F)F)c3)nc(N)c2cc1OC. The summed E-state index contributed by atoms with van der Waals surface area (Å²) >= 11 is 0. The fraction of sp³-hybridized carbons (Fsp3) is 0.263. The second-order valence-corrected chi connectivity index (χ2v) is 6.34. The van der Waals surface area contributed by atoms with Gasteiger partial charge in [-0.05, 0) is 29.8 Å². The molecule has 0 radical (unpaired) electrons. The number of hydrogen-bond acceptors (Lipinski definition) is 6. The van der Waals surface area contributed by atoms with Gasteiger partial charge in [-0.3, -0.25) is 0 Å². The topological polar surface area (TPSA) is 73.5 Å². The monoisotopic (exact) mass is 410 g/mol. The highest BCUT2D eigenvalue weighted by atomic mass is 19.4. The van der Waals surface area contributed by atoms with Gasteiger partial charge in [-0.15, -0.1) is 0 Å². The molecule has 0 fully saturated rings. The number of anilines is 2. The summed E-state index contributed by atoms with van der Waals surface area (Å²) in [6.07, 6.45) is -4.64. The first kappa shape index (κ1) is 20.4. The quantitative estimate of drug-likeness (QED) is 0.641. The molecule has 0 aliphatic heterocycles. The summed E-state index contributed by atoms with van der Waals surface area (Å²) in [5.41, 5.74) is 5.55. The maximum atomic E-state index is 13.6. The van der Waals surface area contributed by atoms with E-state index in [4.69, 9.17) is 15.2 Å². The molecule has 0 amide bonds. The lowest BCUT2D eigenvalue weighted by Gasteiger charge is -2.19. The normalized spacial score (nSPS) is 11.6. The standard InChI is InChI=1S/C19H18F4N4O2/c1-27(9-10-4-11(19(21,22)23)6-12(20)5-10)18-25-14-8-16(29-3)15(28-2)7-13(14)17(24)26-18/h4-8H,9H2,1-3H3,(H2,24,25,26). The van der Waals surface area contributed by atoms with Crippen molar-refractivity contribution < 1.29 is 27.0 Å². The van der Waals surface area contributed by atoms with E-state index in [2.05, 4.69) is 9.97 Å². The second kappa shape index (κ2) is 7.61. The zero-order valence-electron chi connectivity index (χ0n) is 15.8. The van der Waals surface area contributed by atoms with Gasteiger partial charge in [0, 0.05) is 25.0 Å². The molecule has 0 saturated carbocycles. The number of nitrogens with two attached hydrogens (primary N) is 1. The van der Waals surface area contributed by atoms with E-state index in [0.29, 0.717) is 28.5 Å². The third-order valence-corrected chi connectivity index (χ3v) is 4.26. The van der Waals surface area contributed by atoms with Gasteiger partial charge in [-0.2, -0.15) is 18.2 Å². The summed E-state index contributed by atoms with van der Waals surface area (Å²) in [6.45, 7) is -0.0565. The molecule has 0 spiro atoms. The van der Waals surface area contributed by atoms with Crippen molar-refractivity contribution in [3.05, 3.63) is 47.3 Å². The molecular formula is C19H18F4N4O2. The van der Waals surface area contributed by atoms with Crippen LogP contribution in [0.15, 0.2) is 30.3 Å². The number of alkyl halides is 3. The van der Waals surface area contributed by atoms with E-state index < -0.39 is 17.6 Å². The molecule has 0 unspecified atom stereocenters. The Hall–Kier alpha value is -3.30. The third kappa shape index (κ3) is 4.25. The number of benzene rings is 2. The highest BCUT2D eigenvalue weighted by molar-refractivity contribution is 5.91. The van der Waals surface area contributed by atoms with Gasteiger partial charge in [-0.1, -0.05) is 0 Å². The van der Waals surface area contributed by atoms with Crippen LogP contribution in [-0.2, 0) is 12.7 Å². The smallest absolute Gasteiger partial charge is 0.416 e. The zero-order chi connectivity index (χ0) is 21.3. The molecule has 6 nitrogen and oxygen atoms in total. The number of aromatic nitrogens is 2. The van der Waals surface area contributed by atoms with E-state index >= 15 is 0 Å². The predicted molar refractivity (Wildman–Crippen MR) is 101 cm³/mol. The van der Waals surface area contributed by atoms with Gasteiger partial charge in [0.25, 0.3) is 0 Å². The summed E-state index contributed by atoms with van der Waals surface area (Å²) < 4.78 is 62.9. The highest BCUT2D eigenvalue weighted by Crippen LogP contribution is 2.34. The van der Waals surface area contributed by atoms with Gasteiger partial charge in [0.05, 0.1) is 25.3 Å². The molecule has 3 rings (SSSR count). The van der Waals surface area contributed by atoms with Crippen molar-refractivity contribution in [1.29, 1.82) is 0 Å². The largest absolute Gasteiger partial charge is 0.493 e. The lowest BCUT2D eigenvalue weighted by atomic mass is 10.1. The first-order chi connectivity index (χ1) is 13.6. The van der Waals surface area contributed by atoms with Crippen molar-refractivity contribution >= 4 is 22.7 Å². The highest BCUT2D eigenvalue weighted by Gasteiger charge is 2.31. The summed E-state index contributed by atoms with van der Waals surface area (Å²) in [6, 6.07) is 5.62. The molecule has 0 atom stereocenters. The molecular weight excluding hydrogens is 392 g/mol. The van der Waals surface area contributed by atoms with Crippen molar-refractivity contribution in [3.8, 4) is 11.5 Å². The minimum absolute atomic E-state index is 0.0565. The van der Waals surface area contributed by atoms with Crippen LogP contribution in [0, 0.1) is 5.82 Å². The summed E-state index contributed by atoms with van der Waals surface area (Å²) in [5.74, 6) is 0.245. The molecule has 0 aliphatic carbocycles. The van der Waals surface area contributed by atoms with E-state index in [0.717, 1.165) is 12.1 Å². The molecule has 0 saturated heterocycles. The van der Waals surface area contributed by atoms with Crippen LogP contribution in [0.5, 0.6) is 11.5 Å². The predicted octanol–water partition coefficient (Wildman–Crippen LogP) is 4.02. The minimum Gasteiger partial charge on any atom is -0.493 e. The molecule has 2 N–H and O–H groups in total. The zero-order valence-corrected chi connectivity index (χ0v) is 15.8. The van der Waals surface area contributed by atoms with Crippen LogP contribution in [0.3, 0.4) is 0 Å². The van der Waals surface area contributed by atoms with Crippen LogP contribution < -0.4 is 20.1 Å². The Balaban J connectivity index is 1.97. The fourth-order valence-electron chi connectivity index (χ4n) is 2.89. The van der Waals surface area contributed by atoms with Gasteiger partial charge >= 0.3 is 6.18 Å². The Morgan fingerprint density at radius 1 is 1.00 bits per heavy atom. The van der Waals surface area contributed by atoms with E-state index in [9.17, 15) is 17.6 Å². The van der Waals surface area contributed by atoms with Crippen molar-refractivity contribution in [1.82, 2.24) is 9.97 Å². The number of methoxy groups -OCH3 is 2. The van der Waals surface area contributed by atoms with E-state index in [1.54, 1.807) is 19.2 Å². The third-order valence-electron chi connectivity index (χ3n) is 4.26. The Morgan fingerprint density at radius 3 is 2.28 bits per heavy atom. The van der Waals surface area contributed by atoms with Crippen LogP contribution in [0.4, 0.5) is 29.3 Å². The number of halogens is 4. The number of nitrogens with zero attached hydrogens (tertiary/aromatic N) is 3. The average Bonchev–Trinajstić information content (AvgIpc) is 2.65. The van der Waals surface area contributed by atoms with Crippen LogP contribution in [0.2, 0.25) is 0 Å². The van der Waals surface area contributed by atoms with E-state index in [1.807, 2.05) is 0 Å². The van der Waals surface area contributed by atoms with Crippen molar-refractivity contribution in [2.75, 3.05) is 31.9 Å². The first-order valence-corrected chi connectivity index (χ1v) is 8.39. The number of hydrogen-bond donors (Lipinski definition) is 1. The Kier molecular flexibility index (Phi) is 5.36. The molecule has 0 aliphatic rings. The van der Waals surface area contributed by atoms with Crippen LogP contribution in [-0.4, -0.2) is 31.2 Å². The summed E-state index contributed by atoms with van der Waals surface area (Å²) in [4.78, 5) is 10.1. The van der Waals surface area contributed by atoms with Crippen LogP contribution in [0.25, 0.3) is 10.9 Å². The van der Waals surface area contributed by atoms with Crippen LogP contribution >= 0.6 is 0 Å². The second-order valence-electron chi connectivity index (χ2n) is 6.34. The van der Waals surface area contributed by atoms with Crippen molar-refractivity contribution in [2.45, 2.75) is 12.7 Å². The van der Waals surface area contributed by atoms with Crippen LogP contribution in [0.1, 0.15) is 11.1 Å². The molecule has 154 valence electrons. The summed E-state index contributed by atoms with van der Waals surface area (Å²) in [5, 5.41) is 0.532. The van der Waals surface area contributed by atoms with Gasteiger partial charge in [0.15, 0.2) is 11.5 Å². The number of nitrogen functional groups attached to an aromatic ring is 1. The molecule has 2 aromatic carbocycles. The lowest BCUT2D eigenvalue weighted by Crippen LogP contribution is -2.20. The molecule has 3 aromatic rings. The molecule has 1 heterocycles. The van der Waals surface area contributed by atoms with Crippen molar-refractivity contribution in [3.63, 3.8) is 0 Å². The lowest BCUT2D eigenvalue weighted by molar-refractivity contribution is -0.137.